The van der Waals surface area contributed by atoms with Gasteiger partial charge in [0.15, 0.2) is 0 Å². The molecule has 0 aliphatic carbocycles. The summed E-state index contributed by atoms with van der Waals surface area (Å²) in [6.07, 6.45) is 3.54. The minimum absolute atomic E-state index is 0.477. The first-order chi connectivity index (χ1) is 7.31. The maximum absolute atomic E-state index is 5.57. The second-order valence-corrected chi connectivity index (χ2v) is 5.16. The standard InChI is InChI=1S/C11H13BrN2O/c12-8-1-2-9(13-4-8)5-14-6-11-3-10(14)7-15-11/h1-2,4,10-11H,3,5-7H2. The third kappa shape index (κ3) is 1.94. The van der Waals surface area contributed by atoms with Crippen LogP contribution in [0.4, 0.5) is 0 Å². The molecule has 0 saturated carbocycles. The van der Waals surface area contributed by atoms with Crippen LogP contribution in [0.1, 0.15) is 12.1 Å². The molecule has 2 saturated heterocycles. The van der Waals surface area contributed by atoms with Gasteiger partial charge in [-0.15, -0.1) is 0 Å². The number of ether oxygens (including phenoxy) is 1. The summed E-state index contributed by atoms with van der Waals surface area (Å²) >= 11 is 3.39. The SMILES string of the molecule is Brc1ccc(CN2CC3CC2CO3)nc1. The fourth-order valence-corrected chi connectivity index (χ4v) is 2.62. The maximum Gasteiger partial charge on any atom is 0.0718 e. The molecule has 1 aromatic rings. The molecule has 2 atom stereocenters. The summed E-state index contributed by atoms with van der Waals surface area (Å²) in [5, 5.41) is 0. The van der Waals surface area contributed by atoms with Crippen LogP contribution < -0.4 is 0 Å². The van der Waals surface area contributed by atoms with E-state index in [1.165, 1.54) is 6.42 Å². The van der Waals surface area contributed by atoms with Crippen molar-refractivity contribution in [3.8, 4) is 0 Å². The highest BCUT2D eigenvalue weighted by Gasteiger charge is 2.38. The Bertz CT molecular complexity index is 354. The van der Waals surface area contributed by atoms with E-state index < -0.39 is 0 Å². The van der Waals surface area contributed by atoms with Crippen LogP contribution in [-0.4, -0.2) is 35.2 Å². The zero-order valence-electron chi connectivity index (χ0n) is 8.40. The van der Waals surface area contributed by atoms with Crippen LogP contribution >= 0.6 is 15.9 Å². The minimum atomic E-state index is 0.477. The van der Waals surface area contributed by atoms with Gasteiger partial charge in [-0.25, -0.2) is 0 Å². The third-order valence-electron chi connectivity index (χ3n) is 3.17. The van der Waals surface area contributed by atoms with Gasteiger partial charge in [0, 0.05) is 29.8 Å². The topological polar surface area (TPSA) is 25.4 Å². The molecule has 3 heterocycles. The highest BCUT2D eigenvalue weighted by atomic mass is 79.9. The van der Waals surface area contributed by atoms with Gasteiger partial charge in [-0.2, -0.15) is 0 Å². The van der Waals surface area contributed by atoms with Crippen LogP contribution in [-0.2, 0) is 11.3 Å². The van der Waals surface area contributed by atoms with Gasteiger partial charge in [-0.1, -0.05) is 0 Å². The van der Waals surface area contributed by atoms with Crippen molar-refractivity contribution in [2.75, 3.05) is 13.2 Å². The molecule has 4 heteroatoms. The number of nitrogens with zero attached hydrogens (tertiary/aromatic N) is 2. The number of morpholine rings is 1. The second-order valence-electron chi connectivity index (χ2n) is 4.24. The van der Waals surface area contributed by atoms with Crippen molar-refractivity contribution in [1.29, 1.82) is 0 Å². The second kappa shape index (κ2) is 3.85. The molecule has 2 aliphatic heterocycles. The van der Waals surface area contributed by atoms with E-state index in [4.69, 9.17) is 4.74 Å². The molecule has 0 radical (unpaired) electrons. The van der Waals surface area contributed by atoms with E-state index in [2.05, 4.69) is 31.9 Å². The fraction of sp³-hybridized carbons (Fsp3) is 0.545. The first kappa shape index (κ1) is 9.75. The van der Waals surface area contributed by atoms with Crippen molar-refractivity contribution in [3.63, 3.8) is 0 Å². The van der Waals surface area contributed by atoms with Gasteiger partial charge in [-0.3, -0.25) is 9.88 Å². The first-order valence-corrected chi connectivity index (χ1v) is 6.06. The van der Waals surface area contributed by atoms with Crippen LogP contribution in [0.3, 0.4) is 0 Å². The molecule has 0 amide bonds. The summed E-state index contributed by atoms with van der Waals surface area (Å²) < 4.78 is 6.61. The molecular weight excluding hydrogens is 256 g/mol. The Labute approximate surface area is 97.6 Å². The number of rotatable bonds is 2. The molecule has 2 bridgehead atoms. The molecule has 80 valence electrons. The van der Waals surface area contributed by atoms with E-state index in [9.17, 15) is 0 Å². The quantitative estimate of drug-likeness (QED) is 0.818. The Balaban J connectivity index is 1.68. The lowest BCUT2D eigenvalue weighted by Gasteiger charge is -2.26. The lowest BCUT2D eigenvalue weighted by atomic mass is 10.2. The van der Waals surface area contributed by atoms with Crippen LogP contribution in [0.15, 0.2) is 22.8 Å². The summed E-state index contributed by atoms with van der Waals surface area (Å²) in [5.74, 6) is 0. The summed E-state index contributed by atoms with van der Waals surface area (Å²) in [7, 11) is 0. The van der Waals surface area contributed by atoms with E-state index in [0.29, 0.717) is 12.1 Å². The van der Waals surface area contributed by atoms with Crippen LogP contribution in [0, 0.1) is 0 Å². The molecule has 2 fully saturated rings. The largest absolute Gasteiger partial charge is 0.375 e. The smallest absolute Gasteiger partial charge is 0.0718 e. The molecule has 0 spiro atoms. The number of likely N-dealkylation sites (tertiary alicyclic amines) is 1. The first-order valence-electron chi connectivity index (χ1n) is 5.27. The van der Waals surface area contributed by atoms with E-state index in [1.54, 1.807) is 0 Å². The average Bonchev–Trinajstić information content (AvgIpc) is 2.83. The molecule has 0 aromatic carbocycles. The number of halogens is 1. The number of aromatic nitrogens is 1. The third-order valence-corrected chi connectivity index (χ3v) is 3.64. The number of fused-ring (bicyclic) bond motifs is 2. The highest BCUT2D eigenvalue weighted by Crippen LogP contribution is 2.28. The number of hydrogen-bond acceptors (Lipinski definition) is 3. The van der Waals surface area contributed by atoms with Crippen molar-refractivity contribution in [1.82, 2.24) is 9.88 Å². The lowest BCUT2D eigenvalue weighted by Crippen LogP contribution is -2.36. The van der Waals surface area contributed by atoms with E-state index in [0.717, 1.165) is 29.9 Å². The average molecular weight is 269 g/mol. The zero-order valence-corrected chi connectivity index (χ0v) is 9.98. The van der Waals surface area contributed by atoms with Crippen molar-refractivity contribution < 1.29 is 4.74 Å². The Morgan fingerprint density at radius 3 is 3.07 bits per heavy atom. The van der Waals surface area contributed by atoms with Gasteiger partial charge in [0.2, 0.25) is 0 Å². The van der Waals surface area contributed by atoms with E-state index in [1.807, 2.05) is 12.3 Å². The molecular formula is C11H13BrN2O. The minimum Gasteiger partial charge on any atom is -0.375 e. The predicted molar refractivity (Wildman–Crippen MR) is 60.5 cm³/mol. The Morgan fingerprint density at radius 2 is 2.47 bits per heavy atom. The van der Waals surface area contributed by atoms with Gasteiger partial charge in [0.1, 0.15) is 0 Å². The lowest BCUT2D eigenvalue weighted by molar-refractivity contribution is 0.0268. The van der Waals surface area contributed by atoms with E-state index >= 15 is 0 Å². The van der Waals surface area contributed by atoms with Crippen LogP contribution in [0.5, 0.6) is 0 Å². The summed E-state index contributed by atoms with van der Waals surface area (Å²) in [5.41, 5.74) is 1.14. The fourth-order valence-electron chi connectivity index (χ4n) is 2.38. The zero-order chi connectivity index (χ0) is 10.3. The summed E-state index contributed by atoms with van der Waals surface area (Å²) in [6, 6.07) is 4.75. The maximum atomic E-state index is 5.57. The summed E-state index contributed by atoms with van der Waals surface area (Å²) in [4.78, 5) is 6.87. The number of hydrogen-bond donors (Lipinski definition) is 0. The Morgan fingerprint density at radius 1 is 1.53 bits per heavy atom. The molecule has 15 heavy (non-hydrogen) atoms. The van der Waals surface area contributed by atoms with Crippen LogP contribution in [0.25, 0.3) is 0 Å². The molecule has 2 aliphatic rings. The van der Waals surface area contributed by atoms with Crippen molar-refractivity contribution >= 4 is 15.9 Å². The van der Waals surface area contributed by atoms with Gasteiger partial charge >= 0.3 is 0 Å². The molecule has 3 rings (SSSR count). The molecule has 3 nitrogen and oxygen atoms in total. The highest BCUT2D eigenvalue weighted by molar-refractivity contribution is 9.10. The van der Waals surface area contributed by atoms with Gasteiger partial charge in [0.05, 0.1) is 18.4 Å². The van der Waals surface area contributed by atoms with Crippen molar-refractivity contribution in [2.24, 2.45) is 0 Å². The molecule has 2 unspecified atom stereocenters. The van der Waals surface area contributed by atoms with Gasteiger partial charge < -0.3 is 4.74 Å². The van der Waals surface area contributed by atoms with E-state index in [-0.39, 0.29) is 0 Å². The predicted octanol–water partition coefficient (Wildman–Crippen LogP) is 1.82. The monoisotopic (exact) mass is 268 g/mol. The normalized spacial score (nSPS) is 29.9. The molecule has 0 N–H and O–H groups in total. The van der Waals surface area contributed by atoms with Gasteiger partial charge in [0.25, 0.3) is 0 Å². The summed E-state index contributed by atoms with van der Waals surface area (Å²) in [6.45, 7) is 2.93. The van der Waals surface area contributed by atoms with Gasteiger partial charge in [-0.05, 0) is 34.5 Å². The Kier molecular flexibility index (Phi) is 2.50. The van der Waals surface area contributed by atoms with Crippen molar-refractivity contribution in [3.05, 3.63) is 28.5 Å². The molecule has 1 aromatic heterocycles. The van der Waals surface area contributed by atoms with Crippen LogP contribution in [0.2, 0.25) is 0 Å². The Hall–Kier alpha value is -0.450. The van der Waals surface area contributed by atoms with Crippen molar-refractivity contribution in [2.45, 2.75) is 25.1 Å². The number of pyridine rings is 1.